The SMILES string of the molecule is C[C@@]12N=c3s/c(=C/c4ccc([N+](=O)[O-])cc4)c(=O)n3[C@H](c3ccccc3O1)[C@H]2C(=O)Nc1ccccc1. The molecular weight excluding hydrogens is 492 g/mol. The number of aromatic nitrogens is 1. The van der Waals surface area contributed by atoms with E-state index in [4.69, 9.17) is 9.73 Å². The molecule has 3 atom stereocenters. The van der Waals surface area contributed by atoms with Crippen LogP contribution in [0.5, 0.6) is 5.75 Å². The minimum Gasteiger partial charge on any atom is -0.465 e. The number of nitro groups is 1. The Kier molecular flexibility index (Phi) is 5.27. The number of non-ortho nitro benzene ring substituents is 1. The molecular formula is C27H20N4O5S. The van der Waals surface area contributed by atoms with Crippen molar-refractivity contribution in [2.45, 2.75) is 18.7 Å². The number of benzene rings is 3. The molecule has 2 bridgehead atoms. The van der Waals surface area contributed by atoms with Gasteiger partial charge >= 0.3 is 0 Å². The number of rotatable bonds is 4. The zero-order chi connectivity index (χ0) is 25.7. The molecule has 3 aromatic carbocycles. The van der Waals surface area contributed by atoms with Crippen LogP contribution in [0.4, 0.5) is 11.4 Å². The second-order valence-corrected chi connectivity index (χ2v) is 10.0. The van der Waals surface area contributed by atoms with Gasteiger partial charge in [0.15, 0.2) is 4.80 Å². The van der Waals surface area contributed by atoms with Crippen molar-refractivity contribution in [2.24, 2.45) is 10.9 Å². The summed E-state index contributed by atoms with van der Waals surface area (Å²) in [6.45, 7) is 1.76. The minimum atomic E-state index is -1.24. The molecule has 10 heteroatoms. The largest absolute Gasteiger partial charge is 0.465 e. The highest BCUT2D eigenvalue weighted by molar-refractivity contribution is 7.07. The van der Waals surface area contributed by atoms with E-state index in [1.807, 2.05) is 42.5 Å². The highest BCUT2D eigenvalue weighted by Gasteiger charge is 2.55. The standard InChI is InChI=1S/C27H20N4O5S/c1-27-22(24(32)28-17-7-3-2-4-8-17)23(19-9-5-6-10-20(19)36-27)30-25(33)21(37-26(30)29-27)15-16-11-13-18(14-12-16)31(34)35/h2-15,22-23H,1H3,(H,28,32)/b21-15+/t22-,23+,27+/m0/s1. The molecule has 4 aromatic rings. The van der Waals surface area contributed by atoms with E-state index in [2.05, 4.69) is 5.32 Å². The molecule has 0 saturated carbocycles. The number of carbonyl (C=O) groups excluding carboxylic acids is 1. The number of hydrogen-bond donors (Lipinski definition) is 1. The Morgan fingerprint density at radius 3 is 2.54 bits per heavy atom. The predicted molar refractivity (Wildman–Crippen MR) is 138 cm³/mol. The number of thiazole rings is 1. The monoisotopic (exact) mass is 512 g/mol. The molecule has 37 heavy (non-hydrogen) atoms. The van der Waals surface area contributed by atoms with Crippen LogP contribution in [-0.2, 0) is 4.79 Å². The Morgan fingerprint density at radius 1 is 1.11 bits per heavy atom. The minimum absolute atomic E-state index is 0.0305. The van der Waals surface area contributed by atoms with E-state index in [-0.39, 0.29) is 17.2 Å². The van der Waals surface area contributed by atoms with Gasteiger partial charge in [-0.2, -0.15) is 0 Å². The zero-order valence-corrected chi connectivity index (χ0v) is 20.3. The van der Waals surface area contributed by atoms with Crippen molar-refractivity contribution in [3.63, 3.8) is 0 Å². The first kappa shape index (κ1) is 22.9. The van der Waals surface area contributed by atoms with Gasteiger partial charge in [-0.1, -0.05) is 47.7 Å². The molecule has 2 aliphatic heterocycles. The van der Waals surface area contributed by atoms with Gasteiger partial charge in [-0.25, -0.2) is 4.99 Å². The van der Waals surface area contributed by atoms with Crippen LogP contribution in [0.1, 0.15) is 24.1 Å². The van der Waals surface area contributed by atoms with E-state index in [1.165, 1.54) is 23.5 Å². The molecule has 0 radical (unpaired) electrons. The van der Waals surface area contributed by atoms with Crippen LogP contribution in [0.25, 0.3) is 6.08 Å². The second kappa shape index (κ2) is 8.52. The quantitative estimate of drug-likeness (QED) is 0.333. The molecule has 1 amide bonds. The maximum absolute atomic E-state index is 13.7. The summed E-state index contributed by atoms with van der Waals surface area (Å²) < 4.78 is 8.29. The molecule has 1 aromatic heterocycles. The van der Waals surface area contributed by atoms with E-state index >= 15 is 0 Å². The van der Waals surface area contributed by atoms with Crippen molar-refractivity contribution < 1.29 is 14.5 Å². The van der Waals surface area contributed by atoms with Gasteiger partial charge in [-0.3, -0.25) is 24.3 Å². The molecule has 9 nitrogen and oxygen atoms in total. The lowest BCUT2D eigenvalue weighted by Crippen LogP contribution is -2.59. The first-order valence-electron chi connectivity index (χ1n) is 11.6. The summed E-state index contributed by atoms with van der Waals surface area (Å²) in [6.07, 6.45) is 1.68. The molecule has 0 saturated heterocycles. The number of carbonyl (C=O) groups is 1. The predicted octanol–water partition coefficient (Wildman–Crippen LogP) is 3.23. The van der Waals surface area contributed by atoms with Crippen molar-refractivity contribution >= 4 is 34.7 Å². The van der Waals surface area contributed by atoms with Crippen molar-refractivity contribution in [2.75, 3.05) is 5.32 Å². The number of amides is 1. The van der Waals surface area contributed by atoms with Crippen LogP contribution in [0.3, 0.4) is 0 Å². The van der Waals surface area contributed by atoms with Gasteiger partial charge in [0.1, 0.15) is 11.7 Å². The Labute approximate surface area is 214 Å². The fraction of sp³-hybridized carbons (Fsp3) is 0.148. The van der Waals surface area contributed by atoms with Crippen LogP contribution in [0.2, 0.25) is 0 Å². The van der Waals surface area contributed by atoms with Gasteiger partial charge in [0.2, 0.25) is 11.6 Å². The number of para-hydroxylation sites is 2. The molecule has 3 heterocycles. The number of ether oxygens (including phenoxy) is 1. The number of nitrogens with zero attached hydrogens (tertiary/aromatic N) is 3. The lowest BCUT2D eigenvalue weighted by atomic mass is 9.80. The molecule has 0 fully saturated rings. The first-order valence-corrected chi connectivity index (χ1v) is 12.4. The van der Waals surface area contributed by atoms with Gasteiger partial charge in [0.25, 0.3) is 11.2 Å². The highest BCUT2D eigenvalue weighted by atomic mass is 32.1. The van der Waals surface area contributed by atoms with Crippen molar-refractivity contribution in [1.82, 2.24) is 4.57 Å². The maximum atomic E-state index is 13.7. The smallest absolute Gasteiger partial charge is 0.270 e. The summed E-state index contributed by atoms with van der Waals surface area (Å²) in [6, 6.07) is 21.8. The number of hydrogen-bond acceptors (Lipinski definition) is 7. The molecule has 2 aliphatic rings. The van der Waals surface area contributed by atoms with Crippen LogP contribution in [0.15, 0.2) is 88.6 Å². The van der Waals surface area contributed by atoms with E-state index < -0.39 is 22.6 Å². The number of fused-ring (bicyclic) bond motifs is 6. The van der Waals surface area contributed by atoms with E-state index in [0.29, 0.717) is 26.3 Å². The molecule has 0 spiro atoms. The maximum Gasteiger partial charge on any atom is 0.270 e. The van der Waals surface area contributed by atoms with Crippen LogP contribution >= 0.6 is 11.3 Å². The summed E-state index contributed by atoms with van der Waals surface area (Å²) in [5, 5.41) is 13.9. The van der Waals surface area contributed by atoms with E-state index in [9.17, 15) is 19.7 Å². The Morgan fingerprint density at radius 2 is 1.81 bits per heavy atom. The van der Waals surface area contributed by atoms with Gasteiger partial charge in [0, 0.05) is 23.4 Å². The summed E-state index contributed by atoms with van der Waals surface area (Å²) in [5.41, 5.74) is 0.454. The average Bonchev–Trinajstić information content (AvgIpc) is 3.17. The molecule has 1 N–H and O–H groups in total. The van der Waals surface area contributed by atoms with Gasteiger partial charge in [-0.05, 0) is 48.9 Å². The third kappa shape index (κ3) is 3.82. The van der Waals surface area contributed by atoms with Crippen molar-refractivity contribution in [1.29, 1.82) is 0 Å². The summed E-state index contributed by atoms with van der Waals surface area (Å²) >= 11 is 1.20. The molecule has 0 aliphatic carbocycles. The van der Waals surface area contributed by atoms with E-state index in [1.54, 1.807) is 41.8 Å². The summed E-state index contributed by atoms with van der Waals surface area (Å²) in [7, 11) is 0. The summed E-state index contributed by atoms with van der Waals surface area (Å²) in [4.78, 5) is 43.2. The normalized spacial score (nSPS) is 21.7. The fourth-order valence-electron chi connectivity index (χ4n) is 4.93. The summed E-state index contributed by atoms with van der Waals surface area (Å²) in [5.74, 6) is -0.539. The average molecular weight is 513 g/mol. The molecule has 6 rings (SSSR count). The fourth-order valence-corrected chi connectivity index (χ4v) is 6.03. The van der Waals surface area contributed by atoms with Crippen LogP contribution in [-0.4, -0.2) is 21.1 Å². The highest BCUT2D eigenvalue weighted by Crippen LogP contribution is 2.47. The Balaban J connectivity index is 1.51. The Bertz CT molecular complexity index is 1730. The van der Waals surface area contributed by atoms with Crippen molar-refractivity contribution in [3.05, 3.63) is 120 Å². The third-order valence-corrected chi connectivity index (χ3v) is 7.59. The zero-order valence-electron chi connectivity index (χ0n) is 19.5. The number of nitro benzene ring substituents is 1. The number of nitrogens with one attached hydrogen (secondary N) is 1. The number of anilines is 1. The topological polar surface area (TPSA) is 116 Å². The Hall–Kier alpha value is -4.57. The van der Waals surface area contributed by atoms with Crippen molar-refractivity contribution in [3.8, 4) is 5.75 Å². The second-order valence-electron chi connectivity index (χ2n) is 9.00. The van der Waals surface area contributed by atoms with Crippen LogP contribution in [0, 0.1) is 16.0 Å². The van der Waals surface area contributed by atoms with Gasteiger partial charge in [-0.15, -0.1) is 0 Å². The first-order chi connectivity index (χ1) is 17.8. The van der Waals surface area contributed by atoms with E-state index in [0.717, 1.165) is 5.56 Å². The van der Waals surface area contributed by atoms with Crippen LogP contribution < -0.4 is 24.9 Å². The molecule has 0 unspecified atom stereocenters. The molecule has 184 valence electrons. The lowest BCUT2D eigenvalue weighted by Gasteiger charge is -2.45. The lowest BCUT2D eigenvalue weighted by molar-refractivity contribution is -0.384. The van der Waals surface area contributed by atoms with Gasteiger partial charge in [0.05, 0.1) is 15.5 Å². The van der Waals surface area contributed by atoms with Gasteiger partial charge < -0.3 is 10.1 Å². The third-order valence-electron chi connectivity index (χ3n) is 6.61.